The van der Waals surface area contributed by atoms with Crippen LogP contribution in [0.25, 0.3) is 0 Å². The molecule has 0 heterocycles. The van der Waals surface area contributed by atoms with Crippen molar-refractivity contribution in [3.63, 3.8) is 0 Å². The van der Waals surface area contributed by atoms with Crippen molar-refractivity contribution in [2.24, 2.45) is 10.9 Å². The number of nitrogens with zero attached hydrogens (tertiary/aromatic N) is 1. The van der Waals surface area contributed by atoms with E-state index >= 15 is 0 Å². The molecule has 0 saturated heterocycles. The van der Waals surface area contributed by atoms with E-state index < -0.39 is 0 Å². The topological polar surface area (TPSA) is 87.7 Å². The van der Waals surface area contributed by atoms with Crippen LogP contribution in [0.1, 0.15) is 36.7 Å². The van der Waals surface area contributed by atoms with Crippen molar-refractivity contribution >= 4 is 11.7 Å². The highest BCUT2D eigenvalue weighted by Gasteiger charge is 2.15. The molecule has 1 rings (SSSR count). The molecule has 5 nitrogen and oxygen atoms in total. The minimum Gasteiger partial charge on any atom is -0.409 e. The van der Waals surface area contributed by atoms with Gasteiger partial charge in [0.2, 0.25) is 0 Å². The summed E-state index contributed by atoms with van der Waals surface area (Å²) in [5.41, 5.74) is 6.25. The minimum absolute atomic E-state index is 0.0211. The molecule has 92 valence electrons. The third kappa shape index (κ3) is 3.79. The lowest BCUT2D eigenvalue weighted by atomic mass is 10.1. The van der Waals surface area contributed by atoms with Gasteiger partial charge >= 0.3 is 0 Å². The maximum absolute atomic E-state index is 11.8. The standard InChI is InChI=1S/C12H17N3O2/c1-12(2,3)14-11(16)9-6-4-8(5-7-9)10(13)15-17/h4-7,17H,1-3H3,(H2,13,15)(H,14,16). The van der Waals surface area contributed by atoms with Crippen LogP contribution in [0, 0.1) is 0 Å². The Morgan fingerprint density at radius 1 is 1.24 bits per heavy atom. The molecular weight excluding hydrogens is 218 g/mol. The summed E-state index contributed by atoms with van der Waals surface area (Å²) in [6.45, 7) is 5.74. The van der Waals surface area contributed by atoms with Crippen LogP contribution in [-0.4, -0.2) is 22.5 Å². The number of nitrogens with two attached hydrogens (primary N) is 1. The van der Waals surface area contributed by atoms with Crippen molar-refractivity contribution in [1.82, 2.24) is 5.32 Å². The van der Waals surface area contributed by atoms with Gasteiger partial charge in [0.15, 0.2) is 5.84 Å². The quantitative estimate of drug-likeness (QED) is 0.312. The monoisotopic (exact) mass is 235 g/mol. The van der Waals surface area contributed by atoms with Crippen molar-refractivity contribution in [2.45, 2.75) is 26.3 Å². The van der Waals surface area contributed by atoms with E-state index in [1.165, 1.54) is 0 Å². The fraction of sp³-hybridized carbons (Fsp3) is 0.333. The molecule has 0 atom stereocenters. The summed E-state index contributed by atoms with van der Waals surface area (Å²) in [5.74, 6) is -0.128. The molecule has 0 saturated carbocycles. The van der Waals surface area contributed by atoms with Crippen LogP contribution in [0.3, 0.4) is 0 Å². The second kappa shape index (κ2) is 4.86. The fourth-order valence-corrected chi connectivity index (χ4v) is 1.26. The lowest BCUT2D eigenvalue weighted by Gasteiger charge is -2.20. The Morgan fingerprint density at radius 2 is 1.71 bits per heavy atom. The average Bonchev–Trinajstić information content (AvgIpc) is 2.26. The molecule has 0 radical (unpaired) electrons. The number of hydrogen-bond acceptors (Lipinski definition) is 3. The largest absolute Gasteiger partial charge is 0.409 e. The van der Waals surface area contributed by atoms with Gasteiger partial charge in [-0.25, -0.2) is 0 Å². The molecule has 1 amide bonds. The van der Waals surface area contributed by atoms with Crippen LogP contribution in [-0.2, 0) is 0 Å². The normalized spacial score (nSPS) is 12.3. The maximum Gasteiger partial charge on any atom is 0.251 e. The summed E-state index contributed by atoms with van der Waals surface area (Å²) in [5, 5.41) is 14.2. The van der Waals surface area contributed by atoms with E-state index in [0.717, 1.165) is 0 Å². The summed E-state index contributed by atoms with van der Waals surface area (Å²) in [7, 11) is 0. The zero-order chi connectivity index (χ0) is 13.1. The number of oxime groups is 1. The van der Waals surface area contributed by atoms with Crippen molar-refractivity contribution in [2.75, 3.05) is 0 Å². The van der Waals surface area contributed by atoms with Crippen LogP contribution < -0.4 is 11.1 Å². The van der Waals surface area contributed by atoms with Gasteiger partial charge in [-0.15, -0.1) is 0 Å². The zero-order valence-corrected chi connectivity index (χ0v) is 10.2. The number of amides is 1. The minimum atomic E-state index is -0.276. The molecular formula is C12H17N3O2. The van der Waals surface area contributed by atoms with E-state index in [0.29, 0.717) is 11.1 Å². The van der Waals surface area contributed by atoms with Gasteiger partial charge in [0.25, 0.3) is 5.91 Å². The first-order chi connectivity index (χ1) is 7.83. The first kappa shape index (κ1) is 13.0. The average molecular weight is 235 g/mol. The number of rotatable bonds is 2. The molecule has 0 unspecified atom stereocenters. The Labute approximate surface area is 100 Å². The Morgan fingerprint density at radius 3 is 2.12 bits per heavy atom. The lowest BCUT2D eigenvalue weighted by Crippen LogP contribution is -2.40. The molecule has 0 bridgehead atoms. The van der Waals surface area contributed by atoms with Crippen molar-refractivity contribution in [1.29, 1.82) is 0 Å². The van der Waals surface area contributed by atoms with Gasteiger partial charge in [0.1, 0.15) is 0 Å². The predicted octanol–water partition coefficient (Wildman–Crippen LogP) is 1.31. The van der Waals surface area contributed by atoms with Gasteiger partial charge < -0.3 is 16.3 Å². The Hall–Kier alpha value is -2.04. The fourth-order valence-electron chi connectivity index (χ4n) is 1.26. The Balaban J connectivity index is 2.85. The molecule has 5 heteroatoms. The van der Waals surface area contributed by atoms with Gasteiger partial charge in [-0.05, 0) is 32.9 Å². The number of amidine groups is 1. The van der Waals surface area contributed by atoms with Crippen LogP contribution in [0.2, 0.25) is 0 Å². The van der Waals surface area contributed by atoms with Gasteiger partial charge in [0, 0.05) is 16.7 Å². The smallest absolute Gasteiger partial charge is 0.251 e. The molecule has 17 heavy (non-hydrogen) atoms. The zero-order valence-electron chi connectivity index (χ0n) is 10.2. The number of hydrogen-bond donors (Lipinski definition) is 3. The summed E-state index contributed by atoms with van der Waals surface area (Å²) >= 11 is 0. The van der Waals surface area contributed by atoms with Gasteiger partial charge in [0.05, 0.1) is 0 Å². The highest BCUT2D eigenvalue weighted by atomic mass is 16.4. The highest BCUT2D eigenvalue weighted by molar-refractivity contribution is 5.99. The van der Waals surface area contributed by atoms with Gasteiger partial charge in [-0.2, -0.15) is 0 Å². The van der Waals surface area contributed by atoms with Crippen molar-refractivity contribution in [3.05, 3.63) is 35.4 Å². The van der Waals surface area contributed by atoms with Crippen molar-refractivity contribution < 1.29 is 10.0 Å². The van der Waals surface area contributed by atoms with Crippen LogP contribution in [0.5, 0.6) is 0 Å². The molecule has 0 aliphatic carbocycles. The van der Waals surface area contributed by atoms with E-state index in [2.05, 4.69) is 10.5 Å². The predicted molar refractivity (Wildman–Crippen MR) is 66.2 cm³/mol. The Kier molecular flexibility index (Phi) is 3.73. The first-order valence-electron chi connectivity index (χ1n) is 5.24. The van der Waals surface area contributed by atoms with E-state index in [1.807, 2.05) is 20.8 Å². The third-order valence-corrected chi connectivity index (χ3v) is 2.04. The van der Waals surface area contributed by atoms with E-state index in [-0.39, 0.29) is 17.3 Å². The SMILES string of the molecule is CC(C)(C)NC(=O)c1ccc(/C(N)=N/O)cc1. The van der Waals surface area contributed by atoms with Crippen LogP contribution >= 0.6 is 0 Å². The maximum atomic E-state index is 11.8. The molecule has 0 fully saturated rings. The Bertz CT molecular complexity index is 430. The van der Waals surface area contributed by atoms with Crippen molar-refractivity contribution in [3.8, 4) is 0 Å². The van der Waals surface area contributed by atoms with E-state index in [1.54, 1.807) is 24.3 Å². The molecule has 0 spiro atoms. The first-order valence-corrected chi connectivity index (χ1v) is 5.24. The summed E-state index contributed by atoms with van der Waals surface area (Å²) < 4.78 is 0. The third-order valence-electron chi connectivity index (χ3n) is 2.04. The van der Waals surface area contributed by atoms with E-state index in [9.17, 15) is 4.79 Å². The van der Waals surface area contributed by atoms with E-state index in [4.69, 9.17) is 10.9 Å². The molecule has 1 aromatic carbocycles. The molecule has 0 aliphatic heterocycles. The molecule has 1 aromatic rings. The lowest BCUT2D eigenvalue weighted by molar-refractivity contribution is 0.0919. The molecule has 0 aromatic heterocycles. The van der Waals surface area contributed by atoms with Crippen LogP contribution in [0.15, 0.2) is 29.4 Å². The molecule has 0 aliphatic rings. The molecule has 4 N–H and O–H groups in total. The second-order valence-electron chi connectivity index (χ2n) is 4.77. The summed E-state index contributed by atoms with van der Waals surface area (Å²) in [6, 6.07) is 6.53. The van der Waals surface area contributed by atoms with Gasteiger partial charge in [-0.3, -0.25) is 4.79 Å². The highest BCUT2D eigenvalue weighted by Crippen LogP contribution is 2.07. The number of benzene rings is 1. The number of nitrogens with one attached hydrogen (secondary N) is 1. The summed E-state index contributed by atoms with van der Waals surface area (Å²) in [6.07, 6.45) is 0. The number of carbonyl (C=O) groups excluding carboxylic acids is 1. The summed E-state index contributed by atoms with van der Waals surface area (Å²) in [4.78, 5) is 11.8. The number of carbonyl (C=O) groups is 1. The van der Waals surface area contributed by atoms with Crippen LogP contribution in [0.4, 0.5) is 0 Å². The second-order valence-corrected chi connectivity index (χ2v) is 4.77. The van der Waals surface area contributed by atoms with Gasteiger partial charge in [-0.1, -0.05) is 17.3 Å².